The number of rotatable bonds is 10. The fourth-order valence-corrected chi connectivity index (χ4v) is 2.43. The molecule has 1 aromatic rings. The van der Waals surface area contributed by atoms with Crippen molar-refractivity contribution in [3.63, 3.8) is 0 Å². The normalized spacial score (nSPS) is 10.7. The summed E-state index contributed by atoms with van der Waals surface area (Å²) in [7, 11) is 0. The molecule has 0 atom stereocenters. The van der Waals surface area contributed by atoms with Gasteiger partial charge in [-0.3, -0.25) is 0 Å². The van der Waals surface area contributed by atoms with Crippen molar-refractivity contribution in [3.05, 3.63) is 11.4 Å². The number of aryl methyl sites for hydroxylation is 2. The number of hydrogen-bond acceptors (Lipinski definition) is 5. The van der Waals surface area contributed by atoms with E-state index in [4.69, 9.17) is 0 Å². The lowest BCUT2D eigenvalue weighted by Gasteiger charge is -2.07. The van der Waals surface area contributed by atoms with Crippen LogP contribution in [0, 0.1) is 0 Å². The van der Waals surface area contributed by atoms with Crippen LogP contribution in [-0.4, -0.2) is 33.7 Å². The van der Waals surface area contributed by atoms with Crippen LogP contribution in [-0.2, 0) is 12.8 Å². The van der Waals surface area contributed by atoms with Gasteiger partial charge in [0.05, 0.1) is 11.4 Å². The van der Waals surface area contributed by atoms with Gasteiger partial charge in [0, 0.05) is 6.54 Å². The highest BCUT2D eigenvalue weighted by molar-refractivity contribution is 7.98. The van der Waals surface area contributed by atoms with E-state index in [-0.39, 0.29) is 0 Å². The van der Waals surface area contributed by atoms with E-state index in [1.807, 2.05) is 11.8 Å². The SMILES string of the molecule is CCc1nnc(NCCCCCCSC)nc1CC. The molecule has 1 N–H and O–H groups in total. The van der Waals surface area contributed by atoms with E-state index >= 15 is 0 Å². The number of nitrogens with one attached hydrogen (secondary N) is 1. The number of aromatic nitrogens is 3. The molecule has 0 spiro atoms. The van der Waals surface area contributed by atoms with E-state index in [0.29, 0.717) is 5.95 Å². The van der Waals surface area contributed by atoms with E-state index in [9.17, 15) is 0 Å². The molecule has 0 aliphatic rings. The third-order valence-electron chi connectivity index (χ3n) is 3.07. The van der Waals surface area contributed by atoms with Gasteiger partial charge >= 0.3 is 0 Å². The Morgan fingerprint density at radius 1 is 0.947 bits per heavy atom. The van der Waals surface area contributed by atoms with E-state index in [1.54, 1.807) is 0 Å². The van der Waals surface area contributed by atoms with Crippen molar-refractivity contribution in [2.75, 3.05) is 23.9 Å². The molecule has 1 heterocycles. The molecule has 5 heteroatoms. The molecule has 0 unspecified atom stereocenters. The van der Waals surface area contributed by atoms with Gasteiger partial charge in [0.25, 0.3) is 0 Å². The molecule has 0 amide bonds. The molecule has 0 saturated heterocycles. The highest BCUT2D eigenvalue weighted by atomic mass is 32.2. The lowest BCUT2D eigenvalue weighted by atomic mass is 10.2. The standard InChI is InChI=1S/C14H26N4S/c1-4-12-13(5-2)17-18-14(16-12)15-10-8-6-7-9-11-19-3/h4-11H2,1-3H3,(H,15,16,18). The van der Waals surface area contributed by atoms with E-state index in [2.05, 4.69) is 40.6 Å². The van der Waals surface area contributed by atoms with E-state index < -0.39 is 0 Å². The minimum absolute atomic E-state index is 0.679. The molecule has 0 aliphatic carbocycles. The van der Waals surface area contributed by atoms with Gasteiger partial charge in [-0.1, -0.05) is 26.7 Å². The van der Waals surface area contributed by atoms with Crippen molar-refractivity contribution in [3.8, 4) is 0 Å². The predicted octanol–water partition coefficient (Wildman–Crippen LogP) is 3.33. The maximum Gasteiger partial charge on any atom is 0.242 e. The maximum atomic E-state index is 4.52. The van der Waals surface area contributed by atoms with E-state index in [0.717, 1.165) is 30.8 Å². The zero-order valence-corrected chi connectivity index (χ0v) is 13.2. The van der Waals surface area contributed by atoms with Crippen molar-refractivity contribution in [1.82, 2.24) is 15.2 Å². The fraction of sp³-hybridized carbons (Fsp3) is 0.786. The lowest BCUT2D eigenvalue weighted by molar-refractivity contribution is 0.685. The van der Waals surface area contributed by atoms with Crippen LogP contribution in [0.25, 0.3) is 0 Å². The van der Waals surface area contributed by atoms with E-state index in [1.165, 1.54) is 31.4 Å². The van der Waals surface area contributed by atoms with Crippen LogP contribution in [0.5, 0.6) is 0 Å². The van der Waals surface area contributed by atoms with Crippen molar-refractivity contribution >= 4 is 17.7 Å². The molecular weight excluding hydrogens is 256 g/mol. The van der Waals surface area contributed by atoms with Gasteiger partial charge in [-0.15, -0.1) is 5.10 Å². The molecule has 0 aliphatic heterocycles. The zero-order chi connectivity index (χ0) is 13.9. The molecule has 0 saturated carbocycles. The average Bonchev–Trinajstić information content (AvgIpc) is 2.46. The highest BCUT2D eigenvalue weighted by Gasteiger charge is 2.05. The Morgan fingerprint density at radius 3 is 2.37 bits per heavy atom. The average molecular weight is 282 g/mol. The highest BCUT2D eigenvalue weighted by Crippen LogP contribution is 2.08. The molecule has 0 fully saturated rings. The lowest BCUT2D eigenvalue weighted by Crippen LogP contribution is -2.10. The molecule has 0 aromatic carbocycles. The first-order valence-corrected chi connectivity index (χ1v) is 8.66. The smallest absolute Gasteiger partial charge is 0.242 e. The molecule has 0 bridgehead atoms. The van der Waals surface area contributed by atoms with Gasteiger partial charge in [-0.25, -0.2) is 4.98 Å². The first-order valence-electron chi connectivity index (χ1n) is 7.27. The second-order valence-corrected chi connectivity index (χ2v) is 5.56. The Morgan fingerprint density at radius 2 is 1.68 bits per heavy atom. The first-order chi connectivity index (χ1) is 9.31. The third kappa shape index (κ3) is 6.23. The van der Waals surface area contributed by atoms with Crippen molar-refractivity contribution in [2.45, 2.75) is 52.4 Å². The Bertz CT molecular complexity index is 357. The number of unbranched alkanes of at least 4 members (excludes halogenated alkanes) is 3. The number of anilines is 1. The first kappa shape index (κ1) is 16.2. The maximum absolute atomic E-state index is 4.52. The summed E-state index contributed by atoms with van der Waals surface area (Å²) in [5.41, 5.74) is 2.09. The predicted molar refractivity (Wildman–Crippen MR) is 83.9 cm³/mol. The van der Waals surface area contributed by atoms with Gasteiger partial charge in [0.2, 0.25) is 5.95 Å². The molecule has 108 valence electrons. The third-order valence-corrected chi connectivity index (χ3v) is 3.76. The minimum Gasteiger partial charge on any atom is -0.353 e. The van der Waals surface area contributed by atoms with Crippen LogP contribution in [0.1, 0.15) is 50.9 Å². The largest absolute Gasteiger partial charge is 0.353 e. The minimum atomic E-state index is 0.679. The number of hydrogen-bond donors (Lipinski definition) is 1. The topological polar surface area (TPSA) is 50.7 Å². The summed E-state index contributed by atoms with van der Waals surface area (Å²) in [6.45, 7) is 5.14. The van der Waals surface area contributed by atoms with Gasteiger partial charge in [-0.05, 0) is 37.7 Å². The molecule has 19 heavy (non-hydrogen) atoms. The van der Waals surface area contributed by atoms with Crippen molar-refractivity contribution in [1.29, 1.82) is 0 Å². The summed E-state index contributed by atoms with van der Waals surface area (Å²) >= 11 is 1.93. The van der Waals surface area contributed by atoms with Crippen molar-refractivity contribution in [2.24, 2.45) is 0 Å². The summed E-state index contributed by atoms with van der Waals surface area (Å²) < 4.78 is 0. The summed E-state index contributed by atoms with van der Waals surface area (Å²) in [5, 5.41) is 11.6. The molecule has 1 rings (SSSR count). The Balaban J connectivity index is 2.26. The summed E-state index contributed by atoms with van der Waals surface area (Å²) in [6.07, 6.45) is 9.07. The number of thioether (sulfide) groups is 1. The Hall–Kier alpha value is -0.840. The van der Waals surface area contributed by atoms with Crippen LogP contribution in [0.2, 0.25) is 0 Å². The summed E-state index contributed by atoms with van der Waals surface area (Å²) in [4.78, 5) is 4.52. The van der Waals surface area contributed by atoms with Crippen LogP contribution in [0.3, 0.4) is 0 Å². The van der Waals surface area contributed by atoms with Gasteiger partial charge in [-0.2, -0.15) is 16.9 Å². The van der Waals surface area contributed by atoms with Crippen LogP contribution in [0.4, 0.5) is 5.95 Å². The van der Waals surface area contributed by atoms with Crippen molar-refractivity contribution < 1.29 is 0 Å². The molecule has 4 nitrogen and oxygen atoms in total. The monoisotopic (exact) mass is 282 g/mol. The zero-order valence-electron chi connectivity index (χ0n) is 12.4. The second-order valence-electron chi connectivity index (χ2n) is 4.57. The second kappa shape index (κ2) is 10.0. The summed E-state index contributed by atoms with van der Waals surface area (Å²) in [5.74, 6) is 1.96. The fourth-order valence-electron chi connectivity index (χ4n) is 1.94. The van der Waals surface area contributed by atoms with Gasteiger partial charge in [0.1, 0.15) is 0 Å². The van der Waals surface area contributed by atoms with Gasteiger partial charge in [0.15, 0.2) is 0 Å². The Kier molecular flexibility index (Phi) is 8.54. The van der Waals surface area contributed by atoms with Crippen LogP contribution < -0.4 is 5.32 Å². The number of nitrogens with zero attached hydrogens (tertiary/aromatic N) is 3. The van der Waals surface area contributed by atoms with Crippen LogP contribution in [0.15, 0.2) is 0 Å². The molecular formula is C14H26N4S. The quantitative estimate of drug-likeness (QED) is 0.667. The van der Waals surface area contributed by atoms with Crippen LogP contribution >= 0.6 is 11.8 Å². The molecule has 1 aromatic heterocycles. The van der Waals surface area contributed by atoms with Gasteiger partial charge < -0.3 is 5.32 Å². The Labute approximate surface area is 121 Å². The molecule has 0 radical (unpaired) electrons. The summed E-state index contributed by atoms with van der Waals surface area (Å²) in [6, 6.07) is 0.